The molecule has 0 saturated carbocycles. The van der Waals surface area contributed by atoms with Gasteiger partial charge in [0, 0.05) is 0 Å². The molecule has 0 fully saturated rings. The Hall–Kier alpha value is -0.500. The molecule has 0 amide bonds. The Morgan fingerprint density at radius 2 is 1.94 bits per heavy atom. The van der Waals surface area contributed by atoms with Crippen LogP contribution in [-0.2, 0) is 5.41 Å². The van der Waals surface area contributed by atoms with E-state index in [1.54, 1.807) is 0 Å². The van der Waals surface area contributed by atoms with E-state index in [0.717, 1.165) is 29.7 Å². The normalized spacial score (nSPS) is 11.6. The van der Waals surface area contributed by atoms with Crippen LogP contribution in [0.5, 0.6) is 5.75 Å². The summed E-state index contributed by atoms with van der Waals surface area (Å²) in [5.41, 5.74) is 1.51. The second-order valence-corrected chi connectivity index (χ2v) is 5.95. The summed E-state index contributed by atoms with van der Waals surface area (Å²) >= 11 is 3.57. The number of rotatable bonds is 4. The summed E-state index contributed by atoms with van der Waals surface area (Å²) in [6.07, 6.45) is 2.27. The largest absolute Gasteiger partial charge is 0.492 e. The van der Waals surface area contributed by atoms with Gasteiger partial charge < -0.3 is 4.74 Å². The maximum Gasteiger partial charge on any atom is 0.133 e. The van der Waals surface area contributed by atoms with Crippen molar-refractivity contribution in [2.45, 2.75) is 46.0 Å². The quantitative estimate of drug-likeness (QED) is 0.713. The SMILES string of the molecule is CCCCOc1ccc(C(C)(C)C)cc1Br. The lowest BCUT2D eigenvalue weighted by Gasteiger charge is -2.20. The zero-order valence-corrected chi connectivity index (χ0v) is 12.2. The maximum absolute atomic E-state index is 5.70. The van der Waals surface area contributed by atoms with Crippen LogP contribution in [0.1, 0.15) is 46.1 Å². The molecule has 0 bridgehead atoms. The van der Waals surface area contributed by atoms with Crippen molar-refractivity contribution >= 4 is 15.9 Å². The summed E-state index contributed by atoms with van der Waals surface area (Å²) in [7, 11) is 0. The summed E-state index contributed by atoms with van der Waals surface area (Å²) in [6.45, 7) is 9.61. The van der Waals surface area contributed by atoms with Crippen LogP contribution in [0.25, 0.3) is 0 Å². The summed E-state index contributed by atoms with van der Waals surface area (Å²) in [4.78, 5) is 0. The summed E-state index contributed by atoms with van der Waals surface area (Å²) in [6, 6.07) is 6.35. The van der Waals surface area contributed by atoms with E-state index >= 15 is 0 Å². The molecule has 1 aromatic carbocycles. The third-order valence-corrected chi connectivity index (χ3v) is 3.17. The maximum atomic E-state index is 5.70. The molecule has 0 aliphatic rings. The number of halogens is 1. The first-order valence-corrected chi connectivity index (χ1v) is 6.67. The van der Waals surface area contributed by atoms with E-state index in [2.05, 4.69) is 61.8 Å². The Bertz CT molecular complexity index is 339. The smallest absolute Gasteiger partial charge is 0.133 e. The zero-order chi connectivity index (χ0) is 12.2. The van der Waals surface area contributed by atoms with Crippen LogP contribution in [0.3, 0.4) is 0 Å². The molecule has 0 radical (unpaired) electrons. The van der Waals surface area contributed by atoms with Gasteiger partial charge in [0.1, 0.15) is 5.75 Å². The Kier molecular flexibility index (Phi) is 4.85. The number of unbranched alkanes of at least 4 members (excludes halogenated alkanes) is 1. The highest BCUT2D eigenvalue weighted by Crippen LogP contribution is 2.31. The van der Waals surface area contributed by atoms with Crippen LogP contribution in [0.4, 0.5) is 0 Å². The van der Waals surface area contributed by atoms with E-state index in [1.165, 1.54) is 5.56 Å². The van der Waals surface area contributed by atoms with Crippen LogP contribution in [0.15, 0.2) is 22.7 Å². The molecule has 2 heteroatoms. The van der Waals surface area contributed by atoms with Crippen molar-refractivity contribution in [2.75, 3.05) is 6.61 Å². The lowest BCUT2D eigenvalue weighted by molar-refractivity contribution is 0.307. The van der Waals surface area contributed by atoms with Crippen LogP contribution in [0, 0.1) is 0 Å². The highest BCUT2D eigenvalue weighted by Gasteiger charge is 2.15. The van der Waals surface area contributed by atoms with Gasteiger partial charge in [0.15, 0.2) is 0 Å². The average Bonchev–Trinajstić information content (AvgIpc) is 2.19. The molecular weight excluding hydrogens is 264 g/mol. The van der Waals surface area contributed by atoms with Gasteiger partial charge in [-0.1, -0.05) is 40.2 Å². The number of hydrogen-bond acceptors (Lipinski definition) is 1. The molecule has 0 aliphatic carbocycles. The van der Waals surface area contributed by atoms with Crippen LogP contribution < -0.4 is 4.74 Å². The van der Waals surface area contributed by atoms with Crippen molar-refractivity contribution in [3.8, 4) is 5.75 Å². The average molecular weight is 285 g/mol. The van der Waals surface area contributed by atoms with Crippen molar-refractivity contribution in [3.63, 3.8) is 0 Å². The first kappa shape index (κ1) is 13.6. The van der Waals surface area contributed by atoms with Gasteiger partial charge in [-0.2, -0.15) is 0 Å². The molecule has 0 N–H and O–H groups in total. The fraction of sp³-hybridized carbons (Fsp3) is 0.571. The van der Waals surface area contributed by atoms with E-state index in [9.17, 15) is 0 Å². The van der Waals surface area contributed by atoms with Crippen LogP contribution >= 0.6 is 15.9 Å². The molecule has 16 heavy (non-hydrogen) atoms. The molecule has 0 aliphatic heterocycles. The number of hydrogen-bond donors (Lipinski definition) is 0. The van der Waals surface area contributed by atoms with E-state index < -0.39 is 0 Å². The zero-order valence-electron chi connectivity index (χ0n) is 10.6. The first-order chi connectivity index (χ1) is 7.45. The minimum atomic E-state index is 0.185. The Morgan fingerprint density at radius 1 is 1.25 bits per heavy atom. The first-order valence-electron chi connectivity index (χ1n) is 5.88. The summed E-state index contributed by atoms with van der Waals surface area (Å²) in [5.74, 6) is 0.946. The molecule has 1 nitrogen and oxygen atoms in total. The summed E-state index contributed by atoms with van der Waals surface area (Å²) in [5, 5.41) is 0. The van der Waals surface area contributed by atoms with Gasteiger partial charge >= 0.3 is 0 Å². The lowest BCUT2D eigenvalue weighted by atomic mass is 9.87. The molecule has 0 aromatic heterocycles. The number of benzene rings is 1. The van der Waals surface area contributed by atoms with E-state index in [1.807, 2.05) is 0 Å². The van der Waals surface area contributed by atoms with Gasteiger partial charge in [0.2, 0.25) is 0 Å². The second kappa shape index (κ2) is 5.72. The minimum Gasteiger partial charge on any atom is -0.492 e. The van der Waals surface area contributed by atoms with E-state index in [4.69, 9.17) is 4.74 Å². The van der Waals surface area contributed by atoms with Gasteiger partial charge in [-0.05, 0) is 45.5 Å². The van der Waals surface area contributed by atoms with Gasteiger partial charge in [-0.3, -0.25) is 0 Å². The molecule has 1 rings (SSSR count). The van der Waals surface area contributed by atoms with Gasteiger partial charge in [-0.15, -0.1) is 0 Å². The van der Waals surface area contributed by atoms with E-state index in [-0.39, 0.29) is 5.41 Å². The summed E-state index contributed by atoms with van der Waals surface area (Å²) < 4.78 is 6.75. The number of ether oxygens (including phenoxy) is 1. The van der Waals surface area contributed by atoms with E-state index in [0.29, 0.717) is 0 Å². The second-order valence-electron chi connectivity index (χ2n) is 5.10. The Balaban J connectivity index is 2.76. The molecule has 0 atom stereocenters. The van der Waals surface area contributed by atoms with Crippen molar-refractivity contribution < 1.29 is 4.74 Å². The highest BCUT2D eigenvalue weighted by molar-refractivity contribution is 9.10. The lowest BCUT2D eigenvalue weighted by Crippen LogP contribution is -2.11. The van der Waals surface area contributed by atoms with Gasteiger partial charge in [0.05, 0.1) is 11.1 Å². The topological polar surface area (TPSA) is 9.23 Å². The standard InChI is InChI=1S/C14H21BrO/c1-5-6-9-16-13-8-7-11(10-12(13)15)14(2,3)4/h7-8,10H,5-6,9H2,1-4H3. The third-order valence-electron chi connectivity index (χ3n) is 2.55. The minimum absolute atomic E-state index is 0.185. The molecule has 0 spiro atoms. The van der Waals surface area contributed by atoms with Crippen molar-refractivity contribution in [3.05, 3.63) is 28.2 Å². The molecule has 0 unspecified atom stereocenters. The predicted molar refractivity (Wildman–Crippen MR) is 73.2 cm³/mol. The molecule has 0 saturated heterocycles. The highest BCUT2D eigenvalue weighted by atomic mass is 79.9. The monoisotopic (exact) mass is 284 g/mol. The third kappa shape index (κ3) is 3.82. The fourth-order valence-electron chi connectivity index (χ4n) is 1.41. The van der Waals surface area contributed by atoms with Crippen LogP contribution in [-0.4, -0.2) is 6.61 Å². The van der Waals surface area contributed by atoms with Crippen molar-refractivity contribution in [2.24, 2.45) is 0 Å². The Morgan fingerprint density at radius 3 is 2.44 bits per heavy atom. The van der Waals surface area contributed by atoms with Crippen molar-refractivity contribution in [1.29, 1.82) is 0 Å². The van der Waals surface area contributed by atoms with Crippen LogP contribution in [0.2, 0.25) is 0 Å². The predicted octanol–water partition coefficient (Wildman–Crippen LogP) is 4.93. The van der Waals surface area contributed by atoms with Crippen molar-refractivity contribution in [1.82, 2.24) is 0 Å². The Labute approximate surface area is 107 Å². The van der Waals surface area contributed by atoms with Gasteiger partial charge in [-0.25, -0.2) is 0 Å². The molecule has 90 valence electrons. The fourth-order valence-corrected chi connectivity index (χ4v) is 1.90. The van der Waals surface area contributed by atoms with Gasteiger partial charge in [0.25, 0.3) is 0 Å². The molecular formula is C14H21BrO. The molecule has 0 heterocycles. The molecule has 1 aromatic rings.